The van der Waals surface area contributed by atoms with Crippen LogP contribution in [0.1, 0.15) is 119 Å². The summed E-state index contributed by atoms with van der Waals surface area (Å²) in [7, 11) is 0. The predicted molar refractivity (Wildman–Crippen MR) is 164 cm³/mol. The molecule has 0 aliphatic heterocycles. The third-order valence-electron chi connectivity index (χ3n) is 12.6. The van der Waals surface area contributed by atoms with Crippen molar-refractivity contribution in [3.05, 3.63) is 72.9 Å². The second kappa shape index (κ2) is 8.47. The van der Waals surface area contributed by atoms with Gasteiger partial charge in [0.25, 0.3) is 0 Å². The fourth-order valence-electron chi connectivity index (χ4n) is 14.1. The highest BCUT2D eigenvalue weighted by atomic mass is 14.8. The molecule has 8 bridgehead atoms. The summed E-state index contributed by atoms with van der Waals surface area (Å²) < 4.78 is 0. The van der Waals surface area contributed by atoms with Gasteiger partial charge in [-0.3, -0.25) is 0 Å². The Morgan fingerprint density at radius 2 is 0.421 bits per heavy atom. The van der Waals surface area contributed by atoms with E-state index in [4.69, 9.17) is 0 Å². The first kappa shape index (κ1) is 26.7. The minimum atomic E-state index is 0.348. The molecule has 206 valence electrons. The molecule has 0 radical (unpaired) electrons. The summed E-state index contributed by atoms with van der Waals surface area (Å²) in [4.78, 5) is 0. The lowest BCUT2D eigenvalue weighted by Crippen LogP contribution is -2.70. The monoisotopic (exact) mass is 510 g/mol. The number of rotatable bonds is 7. The summed E-state index contributed by atoms with van der Waals surface area (Å²) in [5.41, 5.74) is 2.91. The van der Waals surface area contributed by atoms with Crippen LogP contribution in [0.25, 0.3) is 0 Å². The van der Waals surface area contributed by atoms with E-state index in [2.05, 4.69) is 114 Å². The van der Waals surface area contributed by atoms with Gasteiger partial charge >= 0.3 is 0 Å². The first-order valence-electron chi connectivity index (χ1n) is 15.9. The van der Waals surface area contributed by atoms with Crippen molar-refractivity contribution in [2.24, 2.45) is 43.3 Å². The molecule has 0 aromatic carbocycles. The van der Waals surface area contributed by atoms with Gasteiger partial charge < -0.3 is 0 Å². The van der Waals surface area contributed by atoms with Gasteiger partial charge in [0.2, 0.25) is 0 Å². The third-order valence-corrected chi connectivity index (χ3v) is 12.6. The summed E-state index contributed by atoms with van der Waals surface area (Å²) in [6.45, 7) is 13.7. The Hall–Kier alpha value is -1.56. The highest BCUT2D eigenvalue weighted by Crippen LogP contribution is 2.86. The van der Waals surface area contributed by atoms with E-state index in [1.54, 1.807) is 0 Å². The quantitative estimate of drug-likeness (QED) is 0.299. The molecule has 8 aliphatic rings. The van der Waals surface area contributed by atoms with Crippen molar-refractivity contribution < 1.29 is 0 Å². The highest BCUT2D eigenvalue weighted by Gasteiger charge is 2.76. The molecule has 0 heterocycles. The Labute approximate surface area is 234 Å². The second-order valence-corrected chi connectivity index (χ2v) is 15.9. The van der Waals surface area contributed by atoms with Crippen LogP contribution in [0, 0.1) is 43.3 Å². The molecule has 0 heteroatoms. The first-order valence-corrected chi connectivity index (χ1v) is 15.9. The Balaban J connectivity index is 1.60. The molecule has 8 rings (SSSR count). The molecule has 0 aromatic rings. The van der Waals surface area contributed by atoms with Gasteiger partial charge in [-0.25, -0.2) is 0 Å². The van der Waals surface area contributed by atoms with Crippen molar-refractivity contribution in [2.45, 2.75) is 119 Å². The summed E-state index contributed by atoms with van der Waals surface area (Å²) in [6, 6.07) is 0. The standard InChI is InChI=1S/C38H54/c1-7-13-31-19-32(14-8-2)21-33(20-31,15-9-3)27-37(25-31,26-32)38-28-34(16-10-4)22-35(29-38,17-11-5)24-36(23-34,30-38)18-12-6/h7-18H,19-30H2,1-6H3. The van der Waals surface area contributed by atoms with Crippen molar-refractivity contribution in [1.29, 1.82) is 0 Å². The number of allylic oxidation sites excluding steroid dienone is 12. The minimum Gasteiger partial charge on any atom is -0.0911 e. The lowest BCUT2D eigenvalue weighted by atomic mass is 9.24. The van der Waals surface area contributed by atoms with Gasteiger partial charge in [0.05, 0.1) is 0 Å². The average Bonchev–Trinajstić information content (AvgIpc) is 2.77. The molecule has 0 unspecified atom stereocenters. The maximum Gasteiger partial charge on any atom is -0.00963 e. The van der Waals surface area contributed by atoms with Crippen LogP contribution in [-0.4, -0.2) is 0 Å². The average molecular weight is 511 g/mol. The van der Waals surface area contributed by atoms with Crippen molar-refractivity contribution in [3.63, 3.8) is 0 Å². The fourth-order valence-corrected chi connectivity index (χ4v) is 14.1. The molecule has 0 amide bonds. The van der Waals surface area contributed by atoms with E-state index in [-0.39, 0.29) is 0 Å². The lowest BCUT2D eigenvalue weighted by Gasteiger charge is -2.79. The molecular weight excluding hydrogens is 456 g/mol. The van der Waals surface area contributed by atoms with Crippen molar-refractivity contribution in [1.82, 2.24) is 0 Å². The SMILES string of the molecule is CC=CC12CC3(C=CC)CC(C=CC)(C1)CC(C14CC5(C=CC)CC(C=CC)(CC(C=CC)(C5)C1)C4)(C2)C3. The van der Waals surface area contributed by atoms with Crippen LogP contribution < -0.4 is 0 Å². The number of hydrogen-bond donors (Lipinski definition) is 0. The molecule has 0 N–H and O–H groups in total. The third kappa shape index (κ3) is 3.60. The van der Waals surface area contributed by atoms with Crippen LogP contribution in [0.4, 0.5) is 0 Å². The summed E-state index contributed by atoms with van der Waals surface area (Å²) >= 11 is 0. The topological polar surface area (TPSA) is 0 Å². The normalized spacial score (nSPS) is 53.5. The molecule has 0 saturated heterocycles. The van der Waals surface area contributed by atoms with Gasteiger partial charge in [-0.2, -0.15) is 0 Å². The van der Waals surface area contributed by atoms with Crippen molar-refractivity contribution >= 4 is 0 Å². The molecule has 0 aromatic heterocycles. The van der Waals surface area contributed by atoms with Crippen molar-refractivity contribution in [3.8, 4) is 0 Å². The van der Waals surface area contributed by atoms with Gasteiger partial charge in [-0.05, 0) is 162 Å². The molecule has 8 aliphatic carbocycles. The van der Waals surface area contributed by atoms with E-state index in [1.165, 1.54) is 77.0 Å². The van der Waals surface area contributed by atoms with Crippen LogP contribution in [0.2, 0.25) is 0 Å². The fraction of sp³-hybridized carbons (Fsp3) is 0.684. The lowest BCUT2D eigenvalue weighted by molar-refractivity contribution is -0.269. The molecule has 0 nitrogen and oxygen atoms in total. The zero-order chi connectivity index (χ0) is 27.0. The maximum atomic E-state index is 2.70. The Bertz CT molecular complexity index is 888. The Kier molecular flexibility index (Phi) is 5.94. The second-order valence-electron chi connectivity index (χ2n) is 15.9. The van der Waals surface area contributed by atoms with Gasteiger partial charge in [-0.1, -0.05) is 72.9 Å². The minimum absolute atomic E-state index is 0.348. The van der Waals surface area contributed by atoms with E-state index in [0.717, 1.165) is 0 Å². The Morgan fingerprint density at radius 3 is 0.553 bits per heavy atom. The van der Waals surface area contributed by atoms with Crippen LogP contribution >= 0.6 is 0 Å². The largest absolute Gasteiger partial charge is 0.0911 e. The Morgan fingerprint density at radius 1 is 0.263 bits per heavy atom. The predicted octanol–water partition coefficient (Wildman–Crippen LogP) is 11.1. The van der Waals surface area contributed by atoms with Crippen molar-refractivity contribution in [2.75, 3.05) is 0 Å². The van der Waals surface area contributed by atoms with Crippen LogP contribution in [0.5, 0.6) is 0 Å². The first-order chi connectivity index (χ1) is 18.1. The highest BCUT2D eigenvalue weighted by molar-refractivity contribution is 5.36. The van der Waals surface area contributed by atoms with Crippen LogP contribution in [-0.2, 0) is 0 Å². The number of hydrogen-bond acceptors (Lipinski definition) is 0. The summed E-state index contributed by atoms with van der Waals surface area (Å²) in [5, 5.41) is 0. The van der Waals surface area contributed by atoms with E-state index in [9.17, 15) is 0 Å². The van der Waals surface area contributed by atoms with Gasteiger partial charge in [0.15, 0.2) is 0 Å². The summed E-state index contributed by atoms with van der Waals surface area (Å²) in [5.74, 6) is 0. The smallest absolute Gasteiger partial charge is 0.00963 e. The van der Waals surface area contributed by atoms with E-state index >= 15 is 0 Å². The molecule has 38 heavy (non-hydrogen) atoms. The zero-order valence-corrected chi connectivity index (χ0v) is 25.4. The van der Waals surface area contributed by atoms with Crippen LogP contribution in [0.3, 0.4) is 0 Å². The molecule has 0 atom stereocenters. The molecule has 8 saturated carbocycles. The summed E-state index contributed by atoms with van der Waals surface area (Å²) in [6.07, 6.45) is 47.4. The molecular formula is C38H54. The zero-order valence-electron chi connectivity index (χ0n) is 25.4. The van der Waals surface area contributed by atoms with Gasteiger partial charge in [-0.15, -0.1) is 0 Å². The maximum absolute atomic E-state index is 2.70. The molecule has 0 spiro atoms. The van der Waals surface area contributed by atoms with Crippen LogP contribution in [0.15, 0.2) is 72.9 Å². The van der Waals surface area contributed by atoms with Gasteiger partial charge in [0.1, 0.15) is 0 Å². The van der Waals surface area contributed by atoms with E-state index < -0.39 is 0 Å². The van der Waals surface area contributed by atoms with E-state index in [1.807, 2.05) is 0 Å². The molecule has 8 fully saturated rings. The van der Waals surface area contributed by atoms with E-state index in [0.29, 0.717) is 43.3 Å². The van der Waals surface area contributed by atoms with Gasteiger partial charge in [0, 0.05) is 0 Å².